The van der Waals surface area contributed by atoms with Crippen molar-refractivity contribution in [2.45, 2.75) is 25.6 Å². The number of hydrogen-bond donors (Lipinski definition) is 1. The van der Waals surface area contributed by atoms with Gasteiger partial charge in [0.2, 0.25) is 0 Å². The van der Waals surface area contributed by atoms with E-state index in [4.69, 9.17) is 17.3 Å². The average Bonchev–Trinajstić information content (AvgIpc) is 2.95. The number of anilines is 1. The molecule has 1 aromatic heterocycles. The van der Waals surface area contributed by atoms with Crippen LogP contribution in [0.15, 0.2) is 122 Å². The zero-order chi connectivity index (χ0) is 25.5. The normalized spacial score (nSPS) is 11.7. The van der Waals surface area contributed by atoms with E-state index in [9.17, 15) is 0 Å². The number of benzene rings is 4. The van der Waals surface area contributed by atoms with Crippen LogP contribution in [0.2, 0.25) is 5.02 Å². The molecule has 37 heavy (non-hydrogen) atoms. The van der Waals surface area contributed by atoms with Crippen molar-refractivity contribution in [1.29, 1.82) is 0 Å². The van der Waals surface area contributed by atoms with E-state index in [1.807, 2.05) is 30.3 Å². The molecule has 0 bridgehead atoms. The Bertz CT molecular complexity index is 1380. The van der Waals surface area contributed by atoms with Crippen molar-refractivity contribution in [3.63, 3.8) is 0 Å². The van der Waals surface area contributed by atoms with Crippen molar-refractivity contribution < 1.29 is 0 Å². The molecule has 2 N–H and O–H groups in total. The van der Waals surface area contributed by atoms with Gasteiger partial charge in [0, 0.05) is 29.4 Å². The van der Waals surface area contributed by atoms with Crippen LogP contribution in [0, 0.1) is 0 Å². The van der Waals surface area contributed by atoms with Gasteiger partial charge in [-0.3, -0.25) is 0 Å². The first-order valence-corrected chi connectivity index (χ1v) is 12.8. The summed E-state index contributed by atoms with van der Waals surface area (Å²) in [6, 6.07) is 39.2. The minimum atomic E-state index is -0.237. The first-order valence-electron chi connectivity index (χ1n) is 12.4. The van der Waals surface area contributed by atoms with Crippen LogP contribution in [-0.2, 0) is 19.5 Å². The standard InChI is InChI=1S/C32H29ClN4/c33-28-16-14-24(15-17-28)18-30(34)32-20-31(35-23-36-32)27-12-7-13-29(19-27)37(21-25-8-3-1-4-9-25)22-26-10-5-2-6-11-26/h1-17,19-20,23,30H,18,21-22,34H2. The summed E-state index contributed by atoms with van der Waals surface area (Å²) in [5, 5.41) is 0.718. The molecule has 0 aliphatic heterocycles. The van der Waals surface area contributed by atoms with Gasteiger partial charge < -0.3 is 10.6 Å². The Kier molecular flexibility index (Phi) is 7.90. The molecule has 0 fully saturated rings. The second kappa shape index (κ2) is 11.8. The van der Waals surface area contributed by atoms with Gasteiger partial charge in [-0.15, -0.1) is 0 Å². The molecule has 0 radical (unpaired) electrons. The zero-order valence-corrected chi connectivity index (χ0v) is 21.3. The van der Waals surface area contributed by atoms with Crippen molar-refractivity contribution in [3.8, 4) is 11.3 Å². The van der Waals surface area contributed by atoms with E-state index in [2.05, 4.69) is 99.8 Å². The summed E-state index contributed by atoms with van der Waals surface area (Å²) >= 11 is 6.02. The molecule has 1 unspecified atom stereocenters. The maximum Gasteiger partial charge on any atom is 0.116 e. The summed E-state index contributed by atoms with van der Waals surface area (Å²) in [5.74, 6) is 0. The Morgan fingerprint density at radius 1 is 0.676 bits per heavy atom. The molecule has 5 rings (SSSR count). The highest BCUT2D eigenvalue weighted by atomic mass is 35.5. The number of rotatable bonds is 9. The average molecular weight is 505 g/mol. The minimum absolute atomic E-state index is 0.237. The first kappa shape index (κ1) is 24.7. The second-order valence-corrected chi connectivity index (χ2v) is 9.58. The lowest BCUT2D eigenvalue weighted by atomic mass is 10.0. The minimum Gasteiger partial charge on any atom is -0.363 e. The summed E-state index contributed by atoms with van der Waals surface area (Å²) in [6.07, 6.45) is 2.28. The maximum absolute atomic E-state index is 6.53. The van der Waals surface area contributed by atoms with Crippen LogP contribution in [0.3, 0.4) is 0 Å². The molecule has 0 saturated carbocycles. The third-order valence-corrected chi connectivity index (χ3v) is 6.63. The molecule has 0 spiro atoms. The maximum atomic E-state index is 6.53. The predicted octanol–water partition coefficient (Wildman–Crippen LogP) is 7.25. The van der Waals surface area contributed by atoms with Crippen LogP contribution in [0.4, 0.5) is 5.69 Å². The summed E-state index contributed by atoms with van der Waals surface area (Å²) in [5.41, 5.74) is 14.0. The highest BCUT2D eigenvalue weighted by molar-refractivity contribution is 6.30. The van der Waals surface area contributed by atoms with Crippen molar-refractivity contribution in [1.82, 2.24) is 9.97 Å². The smallest absolute Gasteiger partial charge is 0.116 e. The molecule has 0 aliphatic rings. The summed E-state index contributed by atoms with van der Waals surface area (Å²) in [6.45, 7) is 1.61. The number of halogens is 1. The third kappa shape index (κ3) is 6.62. The number of aromatic nitrogens is 2. The van der Waals surface area contributed by atoms with Crippen LogP contribution in [0.1, 0.15) is 28.4 Å². The molecule has 0 aliphatic carbocycles. The summed E-state index contributed by atoms with van der Waals surface area (Å²) < 4.78 is 0. The Labute approximate surface area is 223 Å². The van der Waals surface area contributed by atoms with Gasteiger partial charge in [-0.1, -0.05) is 96.5 Å². The molecule has 4 aromatic carbocycles. The number of nitrogens with zero attached hydrogens (tertiary/aromatic N) is 3. The van der Waals surface area contributed by atoms with Crippen molar-refractivity contribution in [2.75, 3.05) is 4.90 Å². The van der Waals surface area contributed by atoms with Crippen LogP contribution < -0.4 is 10.6 Å². The fraction of sp³-hybridized carbons (Fsp3) is 0.125. The van der Waals surface area contributed by atoms with Crippen LogP contribution >= 0.6 is 11.6 Å². The summed E-state index contributed by atoms with van der Waals surface area (Å²) in [4.78, 5) is 11.4. The monoisotopic (exact) mass is 504 g/mol. The Hall–Kier alpha value is -3.99. The molecule has 5 heteroatoms. The predicted molar refractivity (Wildman–Crippen MR) is 152 cm³/mol. The lowest BCUT2D eigenvalue weighted by Crippen LogP contribution is -2.22. The lowest BCUT2D eigenvalue weighted by Gasteiger charge is -2.26. The molecule has 4 nitrogen and oxygen atoms in total. The van der Waals surface area contributed by atoms with Gasteiger partial charge in [0.05, 0.1) is 17.4 Å². The van der Waals surface area contributed by atoms with E-state index in [-0.39, 0.29) is 6.04 Å². The second-order valence-electron chi connectivity index (χ2n) is 9.14. The van der Waals surface area contributed by atoms with Gasteiger partial charge in [-0.2, -0.15) is 0 Å². The van der Waals surface area contributed by atoms with Crippen LogP contribution in [0.25, 0.3) is 11.3 Å². The molecule has 0 saturated heterocycles. The molecular formula is C32H29ClN4. The molecular weight excluding hydrogens is 476 g/mol. The fourth-order valence-corrected chi connectivity index (χ4v) is 4.55. The first-order chi connectivity index (χ1) is 18.1. The van der Waals surface area contributed by atoms with E-state index in [0.717, 1.165) is 46.3 Å². The van der Waals surface area contributed by atoms with Crippen molar-refractivity contribution in [3.05, 3.63) is 149 Å². The van der Waals surface area contributed by atoms with Crippen LogP contribution in [0.5, 0.6) is 0 Å². The Morgan fingerprint density at radius 2 is 1.32 bits per heavy atom. The van der Waals surface area contributed by atoms with E-state index < -0.39 is 0 Å². The van der Waals surface area contributed by atoms with Gasteiger partial charge in [0.1, 0.15) is 6.33 Å². The van der Waals surface area contributed by atoms with Gasteiger partial charge in [0.15, 0.2) is 0 Å². The third-order valence-electron chi connectivity index (χ3n) is 6.38. The van der Waals surface area contributed by atoms with Gasteiger partial charge in [-0.25, -0.2) is 9.97 Å². The highest BCUT2D eigenvalue weighted by Gasteiger charge is 2.13. The SMILES string of the molecule is NC(Cc1ccc(Cl)cc1)c1cc(-c2cccc(N(Cc3ccccc3)Cc3ccccc3)c2)ncn1. The van der Waals surface area contributed by atoms with Gasteiger partial charge in [0.25, 0.3) is 0 Å². The number of nitrogens with two attached hydrogens (primary N) is 1. The topological polar surface area (TPSA) is 55.0 Å². The van der Waals surface area contributed by atoms with E-state index in [0.29, 0.717) is 6.42 Å². The van der Waals surface area contributed by atoms with Crippen molar-refractivity contribution in [2.24, 2.45) is 5.73 Å². The summed E-state index contributed by atoms with van der Waals surface area (Å²) in [7, 11) is 0. The molecule has 184 valence electrons. The lowest BCUT2D eigenvalue weighted by molar-refractivity contribution is 0.693. The van der Waals surface area contributed by atoms with E-state index >= 15 is 0 Å². The molecule has 1 heterocycles. The highest BCUT2D eigenvalue weighted by Crippen LogP contribution is 2.27. The quantitative estimate of drug-likeness (QED) is 0.230. The number of hydrogen-bond acceptors (Lipinski definition) is 4. The van der Waals surface area contributed by atoms with Crippen molar-refractivity contribution >= 4 is 17.3 Å². The zero-order valence-electron chi connectivity index (χ0n) is 20.5. The fourth-order valence-electron chi connectivity index (χ4n) is 4.42. The molecule has 5 aromatic rings. The van der Waals surface area contributed by atoms with Gasteiger partial charge in [-0.05, 0) is 53.4 Å². The van der Waals surface area contributed by atoms with E-state index in [1.165, 1.54) is 11.1 Å². The van der Waals surface area contributed by atoms with Crippen LogP contribution in [-0.4, -0.2) is 9.97 Å². The largest absolute Gasteiger partial charge is 0.363 e. The van der Waals surface area contributed by atoms with E-state index in [1.54, 1.807) is 6.33 Å². The van der Waals surface area contributed by atoms with Gasteiger partial charge >= 0.3 is 0 Å². The Morgan fingerprint density at radius 3 is 1.97 bits per heavy atom. The molecule has 1 atom stereocenters. The Balaban J connectivity index is 1.41. The molecule has 0 amide bonds.